The Kier molecular flexibility index (Phi) is 2.74. The predicted molar refractivity (Wildman–Crippen MR) is 71.2 cm³/mol. The molecule has 1 fully saturated rings. The largest absolute Gasteiger partial charge is 0.494 e. The Morgan fingerprint density at radius 1 is 1.26 bits per heavy atom. The number of amides is 1. The van der Waals surface area contributed by atoms with Crippen LogP contribution >= 0.6 is 0 Å². The van der Waals surface area contributed by atoms with Crippen molar-refractivity contribution in [1.29, 1.82) is 0 Å². The maximum atomic E-state index is 12.1. The van der Waals surface area contributed by atoms with Crippen molar-refractivity contribution >= 4 is 16.7 Å². The molecular formula is C14H14N2O3. The number of aromatic nitrogens is 1. The van der Waals surface area contributed by atoms with Crippen LogP contribution in [-0.4, -0.2) is 22.1 Å². The number of piperidine rings is 1. The molecule has 19 heavy (non-hydrogen) atoms. The van der Waals surface area contributed by atoms with E-state index in [-0.39, 0.29) is 23.4 Å². The number of hydrogen-bond donors (Lipinski definition) is 2. The highest BCUT2D eigenvalue weighted by Gasteiger charge is 2.23. The Morgan fingerprint density at radius 2 is 2.05 bits per heavy atom. The molecule has 0 radical (unpaired) electrons. The average molecular weight is 258 g/mol. The Labute approximate surface area is 109 Å². The van der Waals surface area contributed by atoms with Gasteiger partial charge in [-0.25, -0.2) is 0 Å². The molecule has 1 aromatic carbocycles. The monoisotopic (exact) mass is 258 g/mol. The second kappa shape index (κ2) is 4.42. The molecule has 1 amide bonds. The van der Waals surface area contributed by atoms with Crippen molar-refractivity contribution in [2.75, 3.05) is 6.54 Å². The van der Waals surface area contributed by atoms with Crippen LogP contribution in [0.25, 0.3) is 10.8 Å². The van der Waals surface area contributed by atoms with E-state index in [1.807, 2.05) is 12.1 Å². The van der Waals surface area contributed by atoms with Crippen molar-refractivity contribution in [2.45, 2.75) is 18.9 Å². The summed E-state index contributed by atoms with van der Waals surface area (Å²) in [7, 11) is 0. The van der Waals surface area contributed by atoms with E-state index < -0.39 is 0 Å². The average Bonchev–Trinajstić information content (AvgIpc) is 2.41. The molecule has 1 aromatic heterocycles. The van der Waals surface area contributed by atoms with Gasteiger partial charge in [0.2, 0.25) is 11.8 Å². The lowest BCUT2D eigenvalue weighted by molar-refractivity contribution is -0.122. The van der Waals surface area contributed by atoms with Crippen molar-refractivity contribution in [3.63, 3.8) is 0 Å². The first kappa shape index (κ1) is 11.8. The van der Waals surface area contributed by atoms with Crippen LogP contribution in [0.2, 0.25) is 0 Å². The van der Waals surface area contributed by atoms with E-state index in [0.717, 1.165) is 5.39 Å². The van der Waals surface area contributed by atoms with Crippen LogP contribution in [-0.2, 0) is 4.79 Å². The first-order valence-electron chi connectivity index (χ1n) is 6.27. The number of nitrogens with one attached hydrogen (secondary N) is 1. The van der Waals surface area contributed by atoms with Gasteiger partial charge in [0.15, 0.2) is 0 Å². The summed E-state index contributed by atoms with van der Waals surface area (Å²) < 4.78 is 1.38. The number of carbonyl (C=O) groups is 1. The minimum atomic E-state index is -0.239. The van der Waals surface area contributed by atoms with Gasteiger partial charge in [-0.05, 0) is 17.9 Å². The summed E-state index contributed by atoms with van der Waals surface area (Å²) in [6.45, 7) is 0.380. The number of pyridine rings is 1. The number of aromatic hydroxyl groups is 1. The Morgan fingerprint density at radius 3 is 2.79 bits per heavy atom. The summed E-state index contributed by atoms with van der Waals surface area (Å²) in [5.41, 5.74) is -0.239. The molecule has 0 bridgehead atoms. The Hall–Kier alpha value is -2.30. The molecule has 2 aromatic rings. The van der Waals surface area contributed by atoms with Crippen LogP contribution in [0, 0.1) is 0 Å². The Bertz CT molecular complexity index is 695. The molecule has 5 heteroatoms. The molecule has 3 rings (SSSR count). The molecule has 5 nitrogen and oxygen atoms in total. The molecule has 2 N–H and O–H groups in total. The number of rotatable bonds is 1. The van der Waals surface area contributed by atoms with Crippen LogP contribution in [0.15, 0.2) is 35.1 Å². The maximum absolute atomic E-state index is 12.1. The van der Waals surface area contributed by atoms with Crippen molar-refractivity contribution in [3.05, 3.63) is 40.7 Å². The third kappa shape index (κ3) is 1.97. The van der Waals surface area contributed by atoms with E-state index in [9.17, 15) is 14.7 Å². The third-order valence-electron chi connectivity index (χ3n) is 3.55. The first-order chi connectivity index (χ1) is 9.16. The fourth-order valence-corrected chi connectivity index (χ4v) is 2.56. The Balaban J connectivity index is 2.13. The van der Waals surface area contributed by atoms with Crippen LogP contribution in [0.4, 0.5) is 0 Å². The highest BCUT2D eigenvalue weighted by Crippen LogP contribution is 2.27. The number of nitrogens with zero attached hydrogens (tertiary/aromatic N) is 1. The maximum Gasteiger partial charge on any atom is 0.254 e. The van der Waals surface area contributed by atoms with E-state index in [2.05, 4.69) is 5.32 Å². The zero-order valence-electron chi connectivity index (χ0n) is 10.3. The zero-order valence-corrected chi connectivity index (χ0v) is 10.3. The summed E-state index contributed by atoms with van der Waals surface area (Å²) in [6, 6.07) is 8.55. The van der Waals surface area contributed by atoms with Crippen molar-refractivity contribution in [1.82, 2.24) is 9.88 Å². The van der Waals surface area contributed by atoms with E-state index in [1.165, 1.54) is 10.6 Å². The number of hydrogen-bond acceptors (Lipinski definition) is 3. The predicted octanol–water partition coefficient (Wildman–Crippen LogP) is 1.16. The van der Waals surface area contributed by atoms with Gasteiger partial charge in [0.05, 0.1) is 6.04 Å². The first-order valence-corrected chi connectivity index (χ1v) is 6.27. The van der Waals surface area contributed by atoms with Gasteiger partial charge in [-0.3, -0.25) is 14.2 Å². The molecule has 98 valence electrons. The topological polar surface area (TPSA) is 71.3 Å². The highest BCUT2D eigenvalue weighted by atomic mass is 16.3. The van der Waals surface area contributed by atoms with Crippen LogP contribution < -0.4 is 10.9 Å². The summed E-state index contributed by atoms with van der Waals surface area (Å²) >= 11 is 0. The van der Waals surface area contributed by atoms with Crippen LogP contribution in [0.1, 0.15) is 18.9 Å². The second-order valence-corrected chi connectivity index (χ2v) is 4.76. The molecule has 1 saturated heterocycles. The second-order valence-electron chi connectivity index (χ2n) is 4.76. The summed E-state index contributed by atoms with van der Waals surface area (Å²) in [4.78, 5) is 23.3. The fraction of sp³-hybridized carbons (Fsp3) is 0.286. The van der Waals surface area contributed by atoms with Crippen LogP contribution in [0.3, 0.4) is 0 Å². The fourth-order valence-electron chi connectivity index (χ4n) is 2.56. The molecule has 0 spiro atoms. The van der Waals surface area contributed by atoms with Gasteiger partial charge in [-0.2, -0.15) is 0 Å². The molecule has 1 atom stereocenters. The van der Waals surface area contributed by atoms with Gasteiger partial charge in [0.1, 0.15) is 0 Å². The van der Waals surface area contributed by atoms with Crippen molar-refractivity contribution in [3.8, 4) is 5.88 Å². The zero-order chi connectivity index (χ0) is 13.4. The SMILES string of the molecule is O=C1CCC(n2c(O)c3ccccc3cc2=O)CN1. The molecule has 2 heterocycles. The quantitative estimate of drug-likeness (QED) is 0.806. The van der Waals surface area contributed by atoms with E-state index >= 15 is 0 Å². The molecule has 1 aliphatic heterocycles. The number of carbonyl (C=O) groups excluding carboxylic acids is 1. The van der Waals surface area contributed by atoms with Gasteiger partial charge in [0.25, 0.3) is 5.56 Å². The smallest absolute Gasteiger partial charge is 0.254 e. The van der Waals surface area contributed by atoms with Gasteiger partial charge >= 0.3 is 0 Å². The molecule has 0 saturated carbocycles. The standard InChI is InChI=1S/C14H14N2O3/c17-12-6-5-10(8-15-12)16-13(18)7-9-3-1-2-4-11(9)14(16)19/h1-4,7,10,19H,5-6,8H2,(H,15,17). The van der Waals surface area contributed by atoms with Crippen molar-refractivity contribution in [2.24, 2.45) is 0 Å². The van der Waals surface area contributed by atoms with Gasteiger partial charge < -0.3 is 10.4 Å². The third-order valence-corrected chi connectivity index (χ3v) is 3.55. The molecule has 1 unspecified atom stereocenters. The van der Waals surface area contributed by atoms with Gasteiger partial charge in [-0.1, -0.05) is 18.2 Å². The van der Waals surface area contributed by atoms with E-state index in [0.29, 0.717) is 24.8 Å². The lowest BCUT2D eigenvalue weighted by atomic mass is 10.1. The van der Waals surface area contributed by atoms with Gasteiger partial charge in [0, 0.05) is 24.4 Å². The minimum Gasteiger partial charge on any atom is -0.494 e. The van der Waals surface area contributed by atoms with Crippen LogP contribution in [0.5, 0.6) is 5.88 Å². The van der Waals surface area contributed by atoms with E-state index in [4.69, 9.17) is 0 Å². The summed E-state index contributed by atoms with van der Waals surface area (Å²) in [6.07, 6.45) is 0.945. The minimum absolute atomic E-state index is 0.00965. The molecular weight excluding hydrogens is 244 g/mol. The summed E-state index contributed by atoms with van der Waals surface area (Å²) in [5, 5.41) is 14.4. The molecule has 0 aliphatic carbocycles. The normalized spacial score (nSPS) is 19.4. The van der Waals surface area contributed by atoms with E-state index in [1.54, 1.807) is 12.1 Å². The number of benzene rings is 1. The highest BCUT2D eigenvalue weighted by molar-refractivity contribution is 5.86. The number of fused-ring (bicyclic) bond motifs is 1. The molecule has 1 aliphatic rings. The lowest BCUT2D eigenvalue weighted by Gasteiger charge is -2.25. The van der Waals surface area contributed by atoms with Gasteiger partial charge in [-0.15, -0.1) is 0 Å². The summed E-state index contributed by atoms with van der Waals surface area (Å²) in [5.74, 6) is -0.0335. The lowest BCUT2D eigenvalue weighted by Crippen LogP contribution is -2.39. The van der Waals surface area contributed by atoms with Crippen molar-refractivity contribution < 1.29 is 9.90 Å².